The smallest absolute Gasteiger partial charge is 0.0379 e. The highest BCUT2D eigenvalue weighted by atomic mass is 35.5. The van der Waals surface area contributed by atoms with Crippen LogP contribution in [0.2, 0.25) is 0 Å². The van der Waals surface area contributed by atoms with Crippen molar-refractivity contribution in [2.24, 2.45) is 5.92 Å². The van der Waals surface area contributed by atoms with Crippen molar-refractivity contribution in [1.29, 1.82) is 0 Å². The second-order valence-electron chi connectivity index (χ2n) is 5.82. The number of halogens is 1. The molecular weight excluding hydrogens is 240 g/mol. The van der Waals surface area contributed by atoms with Gasteiger partial charge in [-0.1, -0.05) is 62.8 Å². The van der Waals surface area contributed by atoms with Gasteiger partial charge in [0, 0.05) is 5.38 Å². The van der Waals surface area contributed by atoms with Crippen molar-refractivity contribution >= 4 is 11.6 Å². The van der Waals surface area contributed by atoms with Gasteiger partial charge in [0.2, 0.25) is 0 Å². The summed E-state index contributed by atoms with van der Waals surface area (Å²) in [5, 5.41) is 0.314. The van der Waals surface area contributed by atoms with Gasteiger partial charge >= 0.3 is 0 Å². The van der Waals surface area contributed by atoms with Gasteiger partial charge in [0.25, 0.3) is 0 Å². The third-order valence-corrected chi connectivity index (χ3v) is 4.60. The zero-order valence-electron chi connectivity index (χ0n) is 11.5. The molecule has 2 rings (SSSR count). The van der Waals surface area contributed by atoms with Crippen LogP contribution < -0.4 is 0 Å². The van der Waals surface area contributed by atoms with Crippen molar-refractivity contribution in [3.05, 3.63) is 35.4 Å². The summed E-state index contributed by atoms with van der Waals surface area (Å²) in [6.07, 6.45) is 10.7. The van der Waals surface area contributed by atoms with E-state index in [2.05, 4.69) is 31.2 Å². The predicted octanol–water partition coefficient (Wildman–Crippen LogP) is 5.51. The fourth-order valence-corrected chi connectivity index (χ4v) is 3.54. The lowest BCUT2D eigenvalue weighted by molar-refractivity contribution is 0.419. The third-order valence-electron chi connectivity index (χ3n) is 4.27. The van der Waals surface area contributed by atoms with E-state index in [1.165, 1.54) is 56.1 Å². The van der Waals surface area contributed by atoms with Gasteiger partial charge in [-0.2, -0.15) is 0 Å². The van der Waals surface area contributed by atoms with E-state index in [0.29, 0.717) is 5.38 Å². The van der Waals surface area contributed by atoms with Crippen LogP contribution in [0.25, 0.3) is 0 Å². The molecule has 0 aliphatic heterocycles. The average molecular weight is 265 g/mol. The van der Waals surface area contributed by atoms with Gasteiger partial charge in [-0.05, 0) is 36.8 Å². The summed E-state index contributed by atoms with van der Waals surface area (Å²) in [6, 6.07) is 8.63. The highest BCUT2D eigenvalue weighted by molar-refractivity contribution is 6.20. The Hall–Kier alpha value is -0.490. The first kappa shape index (κ1) is 13.9. The second-order valence-corrected chi connectivity index (χ2v) is 6.44. The number of benzene rings is 1. The number of hydrogen-bond acceptors (Lipinski definition) is 0. The van der Waals surface area contributed by atoms with Gasteiger partial charge in [0.15, 0.2) is 0 Å². The van der Waals surface area contributed by atoms with Gasteiger partial charge in [-0.3, -0.25) is 0 Å². The van der Waals surface area contributed by atoms with Crippen LogP contribution in [0.4, 0.5) is 0 Å². The molecule has 1 heteroatoms. The van der Waals surface area contributed by atoms with Crippen molar-refractivity contribution in [3.63, 3.8) is 0 Å². The zero-order chi connectivity index (χ0) is 12.8. The molecule has 1 aromatic rings. The molecule has 0 bridgehead atoms. The lowest BCUT2D eigenvalue weighted by Gasteiger charge is -2.18. The minimum absolute atomic E-state index is 0.314. The number of aryl methyl sites for hydroxylation is 1. The molecule has 1 aliphatic carbocycles. The predicted molar refractivity (Wildman–Crippen MR) is 80.3 cm³/mol. The van der Waals surface area contributed by atoms with Gasteiger partial charge in [0.05, 0.1) is 0 Å². The molecule has 0 nitrogen and oxygen atoms in total. The highest BCUT2D eigenvalue weighted by Crippen LogP contribution is 2.29. The molecule has 1 aliphatic rings. The highest BCUT2D eigenvalue weighted by Gasteiger charge is 2.17. The number of alkyl halides is 1. The van der Waals surface area contributed by atoms with Gasteiger partial charge in [0.1, 0.15) is 0 Å². The molecule has 1 fully saturated rings. The summed E-state index contributed by atoms with van der Waals surface area (Å²) >= 11 is 6.57. The molecular formula is C17H25Cl. The molecule has 0 radical (unpaired) electrons. The molecule has 100 valence electrons. The monoisotopic (exact) mass is 264 g/mol. The molecule has 1 unspecified atom stereocenters. The third kappa shape index (κ3) is 4.31. The Labute approximate surface area is 117 Å². The normalized spacial score (nSPS) is 19.4. The molecule has 1 aromatic carbocycles. The van der Waals surface area contributed by atoms with E-state index in [0.717, 1.165) is 12.3 Å². The molecule has 1 saturated carbocycles. The van der Waals surface area contributed by atoms with Crippen molar-refractivity contribution in [1.82, 2.24) is 0 Å². The van der Waals surface area contributed by atoms with E-state index in [1.807, 2.05) is 0 Å². The lowest BCUT2D eigenvalue weighted by atomic mass is 9.92. The maximum Gasteiger partial charge on any atom is 0.0379 e. The molecule has 0 spiro atoms. The molecule has 0 heterocycles. The van der Waals surface area contributed by atoms with E-state index >= 15 is 0 Å². The minimum atomic E-state index is 0.314. The van der Waals surface area contributed by atoms with Gasteiger partial charge in [-0.25, -0.2) is 0 Å². The van der Waals surface area contributed by atoms with Crippen molar-refractivity contribution in [3.8, 4) is 0 Å². The van der Waals surface area contributed by atoms with Crippen molar-refractivity contribution in [2.75, 3.05) is 0 Å². The van der Waals surface area contributed by atoms with E-state index in [-0.39, 0.29) is 0 Å². The largest absolute Gasteiger partial charge is 0.123 e. The topological polar surface area (TPSA) is 0 Å². The molecule has 0 aromatic heterocycles. The molecule has 1 atom stereocenters. The molecule has 0 amide bonds. The van der Waals surface area contributed by atoms with Crippen LogP contribution in [0.1, 0.15) is 56.1 Å². The summed E-state index contributed by atoms with van der Waals surface area (Å²) in [4.78, 5) is 0. The quantitative estimate of drug-likeness (QED) is 0.497. The maximum absolute atomic E-state index is 6.57. The molecule has 0 N–H and O–H groups in total. The summed E-state index contributed by atoms with van der Waals surface area (Å²) in [6.45, 7) is 2.19. The fraction of sp³-hybridized carbons (Fsp3) is 0.647. The van der Waals surface area contributed by atoms with Crippen LogP contribution in [-0.2, 0) is 6.42 Å². The maximum atomic E-state index is 6.57. The minimum Gasteiger partial charge on any atom is -0.123 e. The Morgan fingerprint density at radius 2 is 1.78 bits per heavy atom. The van der Waals surface area contributed by atoms with E-state index in [1.54, 1.807) is 0 Å². The summed E-state index contributed by atoms with van der Waals surface area (Å²) in [5.74, 6) is 0.874. The number of hydrogen-bond donors (Lipinski definition) is 0. The summed E-state index contributed by atoms with van der Waals surface area (Å²) < 4.78 is 0. The first-order chi connectivity index (χ1) is 8.75. The Balaban J connectivity index is 1.84. The Morgan fingerprint density at radius 1 is 1.11 bits per heavy atom. The first-order valence-electron chi connectivity index (χ1n) is 7.44. The van der Waals surface area contributed by atoms with Crippen LogP contribution >= 0.6 is 11.6 Å². The van der Waals surface area contributed by atoms with Crippen LogP contribution in [0.3, 0.4) is 0 Å². The summed E-state index contributed by atoms with van der Waals surface area (Å²) in [5.41, 5.74) is 2.80. The Bertz CT molecular complexity index is 350. The van der Waals surface area contributed by atoms with Crippen LogP contribution in [0.5, 0.6) is 0 Å². The summed E-state index contributed by atoms with van der Waals surface area (Å²) in [7, 11) is 0. The van der Waals surface area contributed by atoms with E-state index < -0.39 is 0 Å². The second kappa shape index (κ2) is 7.19. The fourth-order valence-electron chi connectivity index (χ4n) is 3.12. The van der Waals surface area contributed by atoms with Gasteiger partial charge < -0.3 is 0 Å². The standard InChI is InChI=1S/C17H25Cl/c1-14-8-6-7-11-16(14)13-17(18)12-15-9-4-2-3-5-10-15/h6-8,11,15,17H,2-5,9-10,12-13H2,1H3. The van der Waals surface area contributed by atoms with Gasteiger partial charge in [-0.15, -0.1) is 11.6 Å². The van der Waals surface area contributed by atoms with E-state index in [9.17, 15) is 0 Å². The zero-order valence-corrected chi connectivity index (χ0v) is 12.3. The van der Waals surface area contributed by atoms with Crippen molar-refractivity contribution < 1.29 is 0 Å². The lowest BCUT2D eigenvalue weighted by Crippen LogP contribution is -2.11. The van der Waals surface area contributed by atoms with Crippen LogP contribution in [0, 0.1) is 12.8 Å². The number of rotatable bonds is 4. The van der Waals surface area contributed by atoms with E-state index in [4.69, 9.17) is 11.6 Å². The Kier molecular flexibility index (Phi) is 5.56. The SMILES string of the molecule is Cc1ccccc1CC(Cl)CC1CCCCCC1. The molecule has 18 heavy (non-hydrogen) atoms. The van der Waals surface area contributed by atoms with Crippen molar-refractivity contribution in [2.45, 2.75) is 63.7 Å². The Morgan fingerprint density at radius 3 is 2.44 bits per heavy atom. The van der Waals surface area contributed by atoms with Crippen LogP contribution in [-0.4, -0.2) is 5.38 Å². The van der Waals surface area contributed by atoms with Crippen LogP contribution in [0.15, 0.2) is 24.3 Å². The molecule has 0 saturated heterocycles. The first-order valence-corrected chi connectivity index (χ1v) is 7.88. The average Bonchev–Trinajstić information content (AvgIpc) is 2.61.